The van der Waals surface area contributed by atoms with Crippen LogP contribution in [0.1, 0.15) is 54.1 Å². The Kier molecular flexibility index (Phi) is 4.05. The maximum atomic E-state index is 12.2. The molecule has 0 aromatic carbocycles. The molecule has 0 saturated carbocycles. The van der Waals surface area contributed by atoms with Gasteiger partial charge in [-0.25, -0.2) is 9.78 Å². The predicted molar refractivity (Wildman–Crippen MR) is 73.8 cm³/mol. The zero-order chi connectivity index (χ0) is 13.9. The summed E-state index contributed by atoms with van der Waals surface area (Å²) in [4.78, 5) is 16.6. The van der Waals surface area contributed by atoms with E-state index in [1.807, 2.05) is 6.92 Å². The van der Waals surface area contributed by atoms with Gasteiger partial charge in [0.1, 0.15) is 12.4 Å². The molecule has 2 aliphatic heterocycles. The summed E-state index contributed by atoms with van der Waals surface area (Å²) >= 11 is 0. The number of imidazole rings is 1. The summed E-state index contributed by atoms with van der Waals surface area (Å²) in [6.45, 7) is 4.05. The lowest BCUT2D eigenvalue weighted by Crippen LogP contribution is -2.26. The Labute approximate surface area is 119 Å². The van der Waals surface area contributed by atoms with Gasteiger partial charge < -0.3 is 14.0 Å². The van der Waals surface area contributed by atoms with Crippen LogP contribution in [0, 0.1) is 6.92 Å². The van der Waals surface area contributed by atoms with Gasteiger partial charge in [-0.1, -0.05) is 0 Å². The van der Waals surface area contributed by atoms with Crippen LogP contribution in [0.25, 0.3) is 0 Å². The third-order valence-electron chi connectivity index (χ3n) is 4.18. The maximum absolute atomic E-state index is 12.2. The van der Waals surface area contributed by atoms with Crippen LogP contribution in [0.3, 0.4) is 0 Å². The minimum absolute atomic E-state index is 0.0623. The van der Waals surface area contributed by atoms with Crippen LogP contribution < -0.4 is 0 Å². The van der Waals surface area contributed by atoms with E-state index in [2.05, 4.69) is 9.55 Å². The molecule has 0 amide bonds. The molecule has 1 aromatic heterocycles. The zero-order valence-electron chi connectivity index (χ0n) is 12.1. The lowest BCUT2D eigenvalue weighted by molar-refractivity contribution is -0.0302. The monoisotopic (exact) mass is 278 g/mol. The fraction of sp³-hybridized carbons (Fsp3) is 0.733. The zero-order valence-corrected chi connectivity index (χ0v) is 12.1. The highest BCUT2D eigenvalue weighted by Gasteiger charge is 2.25. The SMILES string of the molecule is Cc1nc(C(=O)OC[C@H]2CCCCO2)c2n1CCCC2. The first-order valence-electron chi connectivity index (χ1n) is 7.60. The average molecular weight is 278 g/mol. The van der Waals surface area contributed by atoms with Crippen molar-refractivity contribution in [3.8, 4) is 0 Å². The summed E-state index contributed by atoms with van der Waals surface area (Å²) in [5.41, 5.74) is 1.56. The Bertz CT molecular complexity index is 490. The molecule has 3 heterocycles. The van der Waals surface area contributed by atoms with E-state index in [0.29, 0.717) is 12.3 Å². The van der Waals surface area contributed by atoms with Crippen molar-refractivity contribution in [1.29, 1.82) is 0 Å². The average Bonchev–Trinajstić information content (AvgIpc) is 2.84. The van der Waals surface area contributed by atoms with Crippen molar-refractivity contribution in [2.24, 2.45) is 0 Å². The Morgan fingerprint density at radius 3 is 3.10 bits per heavy atom. The summed E-state index contributed by atoms with van der Waals surface area (Å²) in [7, 11) is 0. The van der Waals surface area contributed by atoms with Crippen LogP contribution in [0.2, 0.25) is 0 Å². The van der Waals surface area contributed by atoms with Crippen LogP contribution in [-0.4, -0.2) is 34.8 Å². The molecule has 1 aromatic rings. The second kappa shape index (κ2) is 5.95. The minimum Gasteiger partial charge on any atom is -0.458 e. The van der Waals surface area contributed by atoms with E-state index < -0.39 is 0 Å². The van der Waals surface area contributed by atoms with Gasteiger partial charge in [0.25, 0.3) is 0 Å². The quantitative estimate of drug-likeness (QED) is 0.796. The number of nitrogens with zero attached hydrogens (tertiary/aromatic N) is 2. The summed E-state index contributed by atoms with van der Waals surface area (Å²) < 4.78 is 13.1. The summed E-state index contributed by atoms with van der Waals surface area (Å²) in [5, 5.41) is 0. The molecule has 2 aliphatic rings. The van der Waals surface area contributed by atoms with Crippen molar-refractivity contribution < 1.29 is 14.3 Å². The molecule has 0 unspecified atom stereocenters. The van der Waals surface area contributed by atoms with E-state index in [-0.39, 0.29) is 12.1 Å². The number of aromatic nitrogens is 2. The van der Waals surface area contributed by atoms with Crippen molar-refractivity contribution in [2.75, 3.05) is 13.2 Å². The highest BCUT2D eigenvalue weighted by molar-refractivity contribution is 5.88. The van der Waals surface area contributed by atoms with Crippen molar-refractivity contribution in [2.45, 2.75) is 58.1 Å². The van der Waals surface area contributed by atoms with E-state index in [4.69, 9.17) is 9.47 Å². The second-order valence-corrected chi connectivity index (χ2v) is 5.65. The van der Waals surface area contributed by atoms with Gasteiger partial charge in [-0.15, -0.1) is 0 Å². The molecule has 0 spiro atoms. The van der Waals surface area contributed by atoms with E-state index in [0.717, 1.165) is 63.2 Å². The van der Waals surface area contributed by atoms with Crippen molar-refractivity contribution >= 4 is 5.97 Å². The number of ether oxygens (including phenoxy) is 2. The first-order chi connectivity index (χ1) is 9.75. The molecule has 1 atom stereocenters. The van der Waals surface area contributed by atoms with Gasteiger partial charge in [0.2, 0.25) is 0 Å². The third-order valence-corrected chi connectivity index (χ3v) is 4.18. The summed E-state index contributed by atoms with van der Waals surface area (Å²) in [6.07, 6.45) is 6.51. The molecule has 20 heavy (non-hydrogen) atoms. The number of aryl methyl sites for hydroxylation is 1. The van der Waals surface area contributed by atoms with Gasteiger partial charge in [0.05, 0.1) is 11.8 Å². The van der Waals surface area contributed by atoms with Crippen LogP contribution in [0.15, 0.2) is 0 Å². The number of hydrogen-bond acceptors (Lipinski definition) is 4. The highest BCUT2D eigenvalue weighted by atomic mass is 16.6. The van der Waals surface area contributed by atoms with Crippen LogP contribution >= 0.6 is 0 Å². The van der Waals surface area contributed by atoms with Gasteiger partial charge in [0, 0.05) is 13.2 Å². The molecule has 0 aliphatic carbocycles. The summed E-state index contributed by atoms with van der Waals surface area (Å²) in [5.74, 6) is 0.624. The lowest BCUT2D eigenvalue weighted by Gasteiger charge is -2.22. The molecule has 3 rings (SSSR count). The maximum Gasteiger partial charge on any atom is 0.358 e. The standard InChI is InChI=1S/C15H22N2O3/c1-11-16-14(13-7-2-4-8-17(11)13)15(18)20-10-12-6-3-5-9-19-12/h12H,2-10H2,1H3/t12-/m1/s1. The van der Waals surface area contributed by atoms with Crippen molar-refractivity contribution in [3.63, 3.8) is 0 Å². The fourth-order valence-corrected chi connectivity index (χ4v) is 3.06. The van der Waals surface area contributed by atoms with Crippen molar-refractivity contribution in [3.05, 3.63) is 17.2 Å². The van der Waals surface area contributed by atoms with Gasteiger partial charge in [-0.3, -0.25) is 0 Å². The molecule has 5 heteroatoms. The van der Waals surface area contributed by atoms with Gasteiger partial charge in [0.15, 0.2) is 5.69 Å². The first kappa shape index (κ1) is 13.6. The lowest BCUT2D eigenvalue weighted by atomic mass is 10.1. The largest absolute Gasteiger partial charge is 0.458 e. The smallest absolute Gasteiger partial charge is 0.358 e. The van der Waals surface area contributed by atoms with E-state index in [1.54, 1.807) is 0 Å². The Morgan fingerprint density at radius 2 is 2.30 bits per heavy atom. The van der Waals surface area contributed by atoms with Crippen LogP contribution in [0.4, 0.5) is 0 Å². The van der Waals surface area contributed by atoms with Crippen LogP contribution in [0.5, 0.6) is 0 Å². The normalized spacial score (nSPS) is 22.4. The Hall–Kier alpha value is -1.36. The molecule has 5 nitrogen and oxygen atoms in total. The molecule has 0 radical (unpaired) electrons. The molecule has 1 saturated heterocycles. The molecular formula is C15H22N2O3. The molecule has 110 valence electrons. The fourth-order valence-electron chi connectivity index (χ4n) is 3.06. The summed E-state index contributed by atoms with van der Waals surface area (Å²) in [6, 6.07) is 0. The topological polar surface area (TPSA) is 53.4 Å². The molecular weight excluding hydrogens is 256 g/mol. The van der Waals surface area contributed by atoms with Crippen molar-refractivity contribution in [1.82, 2.24) is 9.55 Å². The third kappa shape index (κ3) is 2.73. The van der Waals surface area contributed by atoms with Gasteiger partial charge in [-0.05, 0) is 45.4 Å². The van der Waals surface area contributed by atoms with Gasteiger partial charge in [-0.2, -0.15) is 0 Å². The second-order valence-electron chi connectivity index (χ2n) is 5.65. The van der Waals surface area contributed by atoms with E-state index in [9.17, 15) is 4.79 Å². The Balaban J connectivity index is 1.65. The number of esters is 1. The number of rotatable bonds is 3. The van der Waals surface area contributed by atoms with Gasteiger partial charge >= 0.3 is 5.97 Å². The molecule has 1 fully saturated rings. The molecule has 0 N–H and O–H groups in total. The Morgan fingerprint density at radius 1 is 1.40 bits per heavy atom. The number of carbonyl (C=O) groups excluding carboxylic acids is 1. The number of carbonyl (C=O) groups is 1. The molecule has 0 bridgehead atoms. The number of hydrogen-bond donors (Lipinski definition) is 0. The van der Waals surface area contributed by atoms with E-state index in [1.165, 1.54) is 0 Å². The number of fused-ring (bicyclic) bond motifs is 1. The van der Waals surface area contributed by atoms with E-state index >= 15 is 0 Å². The minimum atomic E-state index is -0.294. The first-order valence-corrected chi connectivity index (χ1v) is 7.60. The highest BCUT2D eigenvalue weighted by Crippen LogP contribution is 2.21. The van der Waals surface area contributed by atoms with Crippen LogP contribution in [-0.2, 0) is 22.4 Å². The predicted octanol–water partition coefficient (Wildman–Crippen LogP) is 2.25.